The van der Waals surface area contributed by atoms with Gasteiger partial charge < -0.3 is 10.6 Å². The van der Waals surface area contributed by atoms with E-state index in [4.69, 9.17) is 0 Å². The summed E-state index contributed by atoms with van der Waals surface area (Å²) in [6.07, 6.45) is 1.37. The van der Waals surface area contributed by atoms with Crippen molar-refractivity contribution < 1.29 is 14.0 Å². The highest BCUT2D eigenvalue weighted by Crippen LogP contribution is 2.20. The van der Waals surface area contributed by atoms with Gasteiger partial charge in [-0.15, -0.1) is 0 Å². The zero-order chi connectivity index (χ0) is 22.5. The van der Waals surface area contributed by atoms with Crippen LogP contribution in [0.2, 0.25) is 0 Å². The fraction of sp³-hybridized carbons (Fsp3) is 0.0800. The van der Waals surface area contributed by atoms with Crippen LogP contribution in [0.3, 0.4) is 0 Å². The minimum Gasteiger partial charge on any atom is -0.336 e. The second-order valence-corrected chi connectivity index (χ2v) is 7.18. The highest BCUT2D eigenvalue weighted by molar-refractivity contribution is 6.02. The van der Waals surface area contributed by atoms with Crippen LogP contribution >= 0.6 is 0 Å². The number of aromatic nitrogens is 2. The molecule has 2 N–H and O–H groups in total. The van der Waals surface area contributed by atoms with Crippen molar-refractivity contribution in [3.05, 3.63) is 114 Å². The van der Waals surface area contributed by atoms with Crippen molar-refractivity contribution >= 4 is 17.5 Å². The number of hydrogen-bond acceptors (Lipinski definition) is 3. The number of para-hydroxylation sites is 2. The molecule has 0 bridgehead atoms. The third-order valence-electron chi connectivity index (χ3n) is 5.05. The van der Waals surface area contributed by atoms with Crippen LogP contribution in [0.1, 0.15) is 27.7 Å². The van der Waals surface area contributed by atoms with Crippen molar-refractivity contribution in [1.82, 2.24) is 15.1 Å². The van der Waals surface area contributed by atoms with Crippen LogP contribution in [0.25, 0.3) is 5.69 Å². The molecule has 2 amide bonds. The largest absolute Gasteiger partial charge is 0.336 e. The molecule has 160 valence electrons. The lowest BCUT2D eigenvalue weighted by atomic mass is 10.1. The van der Waals surface area contributed by atoms with E-state index < -0.39 is 17.8 Å². The number of amides is 2. The van der Waals surface area contributed by atoms with Gasteiger partial charge in [-0.25, -0.2) is 9.07 Å². The average Bonchev–Trinajstić information content (AvgIpc) is 3.20. The molecule has 6 nitrogen and oxygen atoms in total. The zero-order valence-electron chi connectivity index (χ0n) is 17.3. The van der Waals surface area contributed by atoms with Gasteiger partial charge in [-0.1, -0.05) is 60.7 Å². The van der Waals surface area contributed by atoms with Crippen molar-refractivity contribution in [2.45, 2.75) is 13.0 Å². The molecule has 0 aliphatic carbocycles. The predicted molar refractivity (Wildman–Crippen MR) is 120 cm³/mol. The third-order valence-corrected chi connectivity index (χ3v) is 5.05. The van der Waals surface area contributed by atoms with Crippen LogP contribution < -0.4 is 10.6 Å². The maximum absolute atomic E-state index is 14.2. The number of halogens is 1. The first-order valence-corrected chi connectivity index (χ1v) is 10.1. The summed E-state index contributed by atoms with van der Waals surface area (Å²) in [5.41, 5.74) is 2.21. The molecule has 32 heavy (non-hydrogen) atoms. The summed E-state index contributed by atoms with van der Waals surface area (Å²) in [5.74, 6) is -1.31. The Morgan fingerprint density at radius 3 is 2.22 bits per heavy atom. The molecular weight excluding hydrogens is 407 g/mol. The maximum atomic E-state index is 14.2. The number of carbonyl (C=O) groups is 2. The second kappa shape index (κ2) is 9.26. The van der Waals surface area contributed by atoms with E-state index in [1.807, 2.05) is 24.3 Å². The molecule has 3 aromatic carbocycles. The molecule has 1 unspecified atom stereocenters. The number of nitrogens with zero attached hydrogens (tertiary/aromatic N) is 2. The van der Waals surface area contributed by atoms with E-state index in [0.29, 0.717) is 16.9 Å². The van der Waals surface area contributed by atoms with Gasteiger partial charge >= 0.3 is 0 Å². The molecule has 7 heteroatoms. The molecular formula is C25H21FN4O2. The topological polar surface area (TPSA) is 76.0 Å². The Morgan fingerprint density at radius 1 is 0.906 bits per heavy atom. The fourth-order valence-electron chi connectivity index (χ4n) is 3.39. The summed E-state index contributed by atoms with van der Waals surface area (Å²) in [4.78, 5) is 26.1. The normalized spacial score (nSPS) is 11.6. The molecule has 1 heterocycles. The number of anilines is 1. The maximum Gasteiger partial charge on any atom is 0.255 e. The molecule has 0 saturated carbocycles. The summed E-state index contributed by atoms with van der Waals surface area (Å²) < 4.78 is 15.6. The molecule has 0 saturated heterocycles. The second-order valence-electron chi connectivity index (χ2n) is 7.18. The molecule has 0 aliphatic rings. The Balaban J connectivity index is 1.61. The molecule has 0 spiro atoms. The van der Waals surface area contributed by atoms with Crippen LogP contribution in [0, 0.1) is 12.7 Å². The van der Waals surface area contributed by atoms with Gasteiger partial charge in [0.1, 0.15) is 17.5 Å². The van der Waals surface area contributed by atoms with Crippen LogP contribution in [0.4, 0.5) is 10.1 Å². The van der Waals surface area contributed by atoms with Gasteiger partial charge in [0.25, 0.3) is 11.8 Å². The van der Waals surface area contributed by atoms with Crippen LogP contribution in [0.5, 0.6) is 0 Å². The highest BCUT2D eigenvalue weighted by Gasteiger charge is 2.25. The minimum atomic E-state index is -0.930. The predicted octanol–water partition coefficient (Wildman–Crippen LogP) is 4.43. The average molecular weight is 428 g/mol. The third kappa shape index (κ3) is 4.41. The summed E-state index contributed by atoms with van der Waals surface area (Å²) in [6.45, 7) is 1.68. The van der Waals surface area contributed by atoms with E-state index in [0.717, 1.165) is 0 Å². The SMILES string of the molecule is Cc1c(C(=O)NC(C(=O)Nc2ccccc2)c2ccccc2)cnn1-c1ccccc1F. The quantitative estimate of drug-likeness (QED) is 0.477. The number of hydrogen-bond donors (Lipinski definition) is 2. The highest BCUT2D eigenvalue weighted by atomic mass is 19.1. The monoisotopic (exact) mass is 428 g/mol. The number of carbonyl (C=O) groups excluding carboxylic acids is 2. The van der Waals surface area contributed by atoms with E-state index in [-0.39, 0.29) is 17.2 Å². The fourth-order valence-corrected chi connectivity index (χ4v) is 3.39. The molecule has 0 radical (unpaired) electrons. The Labute approximate surface area is 184 Å². The molecule has 4 aromatic rings. The van der Waals surface area contributed by atoms with Crippen molar-refractivity contribution in [2.75, 3.05) is 5.32 Å². The lowest BCUT2D eigenvalue weighted by molar-refractivity contribution is -0.118. The van der Waals surface area contributed by atoms with E-state index in [1.165, 1.54) is 16.9 Å². The van der Waals surface area contributed by atoms with E-state index in [9.17, 15) is 14.0 Å². The smallest absolute Gasteiger partial charge is 0.255 e. The van der Waals surface area contributed by atoms with Gasteiger partial charge in [-0.2, -0.15) is 5.10 Å². The first-order valence-electron chi connectivity index (χ1n) is 10.1. The van der Waals surface area contributed by atoms with E-state index >= 15 is 0 Å². The van der Waals surface area contributed by atoms with Gasteiger partial charge in [0.2, 0.25) is 0 Å². The van der Waals surface area contributed by atoms with Gasteiger partial charge in [-0.3, -0.25) is 9.59 Å². The van der Waals surface area contributed by atoms with Crippen LogP contribution in [0.15, 0.2) is 91.1 Å². The summed E-state index contributed by atoms with van der Waals surface area (Å²) in [5, 5.41) is 9.79. The van der Waals surface area contributed by atoms with E-state index in [2.05, 4.69) is 15.7 Å². The number of benzene rings is 3. The Hall–Kier alpha value is -4.26. The van der Waals surface area contributed by atoms with Crippen molar-refractivity contribution in [1.29, 1.82) is 0 Å². The van der Waals surface area contributed by atoms with Gasteiger partial charge in [0.15, 0.2) is 0 Å². The number of nitrogens with one attached hydrogen (secondary N) is 2. The van der Waals surface area contributed by atoms with Crippen LogP contribution in [-0.2, 0) is 4.79 Å². The minimum absolute atomic E-state index is 0.241. The Kier molecular flexibility index (Phi) is 6.07. The van der Waals surface area contributed by atoms with E-state index in [1.54, 1.807) is 61.5 Å². The van der Waals surface area contributed by atoms with Gasteiger partial charge in [-0.05, 0) is 36.8 Å². The molecule has 1 atom stereocenters. The Morgan fingerprint density at radius 2 is 1.53 bits per heavy atom. The zero-order valence-corrected chi connectivity index (χ0v) is 17.3. The summed E-state index contributed by atoms with van der Waals surface area (Å²) >= 11 is 0. The van der Waals surface area contributed by atoms with Gasteiger partial charge in [0, 0.05) is 5.69 Å². The first-order chi connectivity index (χ1) is 15.5. The lowest BCUT2D eigenvalue weighted by Gasteiger charge is -2.19. The Bertz CT molecular complexity index is 1240. The van der Waals surface area contributed by atoms with Crippen molar-refractivity contribution in [3.8, 4) is 5.69 Å². The lowest BCUT2D eigenvalue weighted by Crippen LogP contribution is -2.37. The van der Waals surface area contributed by atoms with Gasteiger partial charge in [0.05, 0.1) is 17.5 Å². The van der Waals surface area contributed by atoms with Crippen LogP contribution in [-0.4, -0.2) is 21.6 Å². The summed E-state index contributed by atoms with van der Waals surface area (Å²) in [6, 6.07) is 23.2. The summed E-state index contributed by atoms with van der Waals surface area (Å²) in [7, 11) is 0. The molecule has 4 rings (SSSR count). The standard InChI is InChI=1S/C25H21FN4O2/c1-17-20(16-27-30(17)22-15-9-8-14-21(22)26)24(31)29-23(18-10-4-2-5-11-18)25(32)28-19-12-6-3-7-13-19/h2-16,23H,1H3,(H,28,32)(H,29,31). The first kappa shape index (κ1) is 21.0. The molecule has 0 aliphatic heterocycles. The van der Waals surface area contributed by atoms with Crippen molar-refractivity contribution in [3.63, 3.8) is 0 Å². The molecule has 1 aromatic heterocycles. The number of rotatable bonds is 6. The van der Waals surface area contributed by atoms with Crippen molar-refractivity contribution in [2.24, 2.45) is 0 Å². The molecule has 0 fully saturated rings.